The van der Waals surface area contributed by atoms with Crippen molar-refractivity contribution in [3.05, 3.63) is 24.3 Å². The summed E-state index contributed by atoms with van der Waals surface area (Å²) in [4.78, 5) is 10.8. The van der Waals surface area contributed by atoms with Crippen LogP contribution in [0, 0.1) is 0 Å². The van der Waals surface area contributed by atoms with E-state index in [1.165, 1.54) is 6.42 Å². The fourth-order valence-electron chi connectivity index (χ4n) is 1.70. The maximum absolute atomic E-state index is 4.28. The maximum atomic E-state index is 4.28. The summed E-state index contributed by atoms with van der Waals surface area (Å²) in [6.45, 7) is 5.41. The molecule has 14 heavy (non-hydrogen) atoms. The van der Waals surface area contributed by atoms with Gasteiger partial charge in [-0.25, -0.2) is 0 Å². The quantitative estimate of drug-likeness (QED) is 0.730. The van der Waals surface area contributed by atoms with Crippen LogP contribution < -0.4 is 5.32 Å². The largest absolute Gasteiger partial charge is 0.315 e. The zero-order valence-electron chi connectivity index (χ0n) is 8.32. The van der Waals surface area contributed by atoms with E-state index < -0.39 is 0 Å². The van der Waals surface area contributed by atoms with Crippen LogP contribution in [0.5, 0.6) is 0 Å². The summed E-state index contributed by atoms with van der Waals surface area (Å²) < 4.78 is 0. The molecule has 1 aliphatic rings. The van der Waals surface area contributed by atoms with E-state index in [1.807, 2.05) is 6.20 Å². The topological polar surface area (TPSA) is 41.1 Å². The molecule has 1 N–H and O–H groups in total. The first-order chi connectivity index (χ1) is 6.95. The number of rotatable bonds is 2. The molecule has 0 atom stereocenters. The van der Waals surface area contributed by atoms with E-state index in [0.29, 0.717) is 0 Å². The Balaban J connectivity index is 1.90. The fourth-order valence-corrected chi connectivity index (χ4v) is 1.70. The highest BCUT2D eigenvalue weighted by molar-refractivity contribution is 4.94. The van der Waals surface area contributed by atoms with Crippen LogP contribution in [-0.2, 0) is 6.54 Å². The molecule has 0 amide bonds. The van der Waals surface area contributed by atoms with Crippen molar-refractivity contribution in [2.24, 2.45) is 0 Å². The van der Waals surface area contributed by atoms with Gasteiger partial charge in [-0.15, -0.1) is 0 Å². The van der Waals surface area contributed by atoms with Gasteiger partial charge in [0.15, 0.2) is 0 Å². The smallest absolute Gasteiger partial charge is 0.0726 e. The highest BCUT2D eigenvalue weighted by Gasteiger charge is 2.08. The van der Waals surface area contributed by atoms with Gasteiger partial charge in [0.05, 0.1) is 5.69 Å². The van der Waals surface area contributed by atoms with Crippen LogP contribution in [0.3, 0.4) is 0 Å². The fraction of sp³-hybridized carbons (Fsp3) is 0.600. The molecule has 2 rings (SSSR count). The monoisotopic (exact) mass is 192 g/mol. The Kier molecular flexibility index (Phi) is 3.43. The number of nitrogens with zero attached hydrogens (tertiary/aromatic N) is 3. The highest BCUT2D eigenvalue weighted by Crippen LogP contribution is 2.01. The molecule has 0 bridgehead atoms. The number of nitrogens with one attached hydrogen (secondary N) is 1. The Morgan fingerprint density at radius 1 is 1.29 bits per heavy atom. The van der Waals surface area contributed by atoms with Crippen molar-refractivity contribution >= 4 is 0 Å². The molecule has 4 nitrogen and oxygen atoms in total. The first-order valence-electron chi connectivity index (χ1n) is 5.13. The van der Waals surface area contributed by atoms with E-state index in [4.69, 9.17) is 0 Å². The molecule has 0 unspecified atom stereocenters. The van der Waals surface area contributed by atoms with Crippen LogP contribution in [0.15, 0.2) is 18.6 Å². The molecule has 0 saturated carbocycles. The molecule has 0 radical (unpaired) electrons. The molecule has 0 aromatic carbocycles. The summed E-state index contributed by atoms with van der Waals surface area (Å²) in [5.74, 6) is 0. The second kappa shape index (κ2) is 5.02. The molecule has 1 aliphatic heterocycles. The Bertz CT molecular complexity index is 254. The highest BCUT2D eigenvalue weighted by atomic mass is 15.2. The van der Waals surface area contributed by atoms with Crippen LogP contribution in [0.4, 0.5) is 0 Å². The van der Waals surface area contributed by atoms with Crippen LogP contribution in [0.1, 0.15) is 12.1 Å². The van der Waals surface area contributed by atoms with Gasteiger partial charge in [0.25, 0.3) is 0 Å². The van der Waals surface area contributed by atoms with Crippen LogP contribution in [-0.4, -0.2) is 41.0 Å². The van der Waals surface area contributed by atoms with Crippen molar-refractivity contribution in [3.8, 4) is 0 Å². The normalized spacial score (nSPS) is 19.1. The molecule has 76 valence electrons. The molecule has 4 heteroatoms. The third-order valence-electron chi connectivity index (χ3n) is 2.43. The Labute approximate surface area is 84.4 Å². The third kappa shape index (κ3) is 2.75. The minimum Gasteiger partial charge on any atom is -0.315 e. The van der Waals surface area contributed by atoms with Crippen molar-refractivity contribution in [1.82, 2.24) is 20.2 Å². The lowest BCUT2D eigenvalue weighted by Crippen LogP contribution is -2.28. The van der Waals surface area contributed by atoms with E-state index in [1.54, 1.807) is 12.4 Å². The van der Waals surface area contributed by atoms with Gasteiger partial charge in [0, 0.05) is 38.2 Å². The van der Waals surface area contributed by atoms with Crippen molar-refractivity contribution in [3.63, 3.8) is 0 Å². The van der Waals surface area contributed by atoms with Gasteiger partial charge in [-0.1, -0.05) is 0 Å². The first-order valence-corrected chi connectivity index (χ1v) is 5.13. The maximum Gasteiger partial charge on any atom is 0.0726 e. The molecule has 0 aliphatic carbocycles. The molecule has 1 saturated heterocycles. The minimum atomic E-state index is 0.926. The Morgan fingerprint density at radius 2 is 2.29 bits per heavy atom. The summed E-state index contributed by atoms with van der Waals surface area (Å²) >= 11 is 0. The second-order valence-corrected chi connectivity index (χ2v) is 3.58. The van der Waals surface area contributed by atoms with E-state index in [2.05, 4.69) is 20.2 Å². The van der Waals surface area contributed by atoms with Crippen molar-refractivity contribution in [2.75, 3.05) is 26.2 Å². The number of hydrogen-bond acceptors (Lipinski definition) is 4. The summed E-state index contributed by atoms with van der Waals surface area (Å²) in [5, 5.41) is 3.39. The van der Waals surface area contributed by atoms with Gasteiger partial charge in [0.1, 0.15) is 0 Å². The summed E-state index contributed by atoms with van der Waals surface area (Å²) in [6, 6.07) is 0. The SMILES string of the molecule is c1cnc(CN2CCCNCC2)cn1. The average molecular weight is 192 g/mol. The molecular formula is C10H16N4. The predicted molar refractivity (Wildman–Crippen MR) is 54.8 cm³/mol. The Morgan fingerprint density at radius 3 is 3.14 bits per heavy atom. The van der Waals surface area contributed by atoms with E-state index in [0.717, 1.165) is 38.4 Å². The van der Waals surface area contributed by atoms with Gasteiger partial charge in [-0.05, 0) is 19.5 Å². The van der Waals surface area contributed by atoms with E-state index in [9.17, 15) is 0 Å². The summed E-state index contributed by atoms with van der Waals surface area (Å²) in [5.41, 5.74) is 1.06. The average Bonchev–Trinajstić information content (AvgIpc) is 2.48. The third-order valence-corrected chi connectivity index (χ3v) is 2.43. The molecule has 0 spiro atoms. The molecule has 1 fully saturated rings. The van der Waals surface area contributed by atoms with Crippen molar-refractivity contribution in [1.29, 1.82) is 0 Å². The molecule has 1 aromatic rings. The zero-order chi connectivity index (χ0) is 9.64. The van der Waals surface area contributed by atoms with Crippen LogP contribution in [0.25, 0.3) is 0 Å². The molecule has 2 heterocycles. The Hall–Kier alpha value is -1.00. The summed E-state index contributed by atoms with van der Waals surface area (Å²) in [6.07, 6.45) is 6.54. The van der Waals surface area contributed by atoms with Gasteiger partial charge >= 0.3 is 0 Å². The number of aromatic nitrogens is 2. The summed E-state index contributed by atoms with van der Waals surface area (Å²) in [7, 11) is 0. The number of hydrogen-bond donors (Lipinski definition) is 1. The van der Waals surface area contributed by atoms with E-state index in [-0.39, 0.29) is 0 Å². The lowest BCUT2D eigenvalue weighted by atomic mass is 10.3. The van der Waals surface area contributed by atoms with Crippen molar-refractivity contribution < 1.29 is 0 Å². The minimum absolute atomic E-state index is 0.926. The predicted octanol–water partition coefficient (Wildman–Crippen LogP) is 0.272. The lowest BCUT2D eigenvalue weighted by Gasteiger charge is -2.18. The zero-order valence-corrected chi connectivity index (χ0v) is 8.32. The second-order valence-electron chi connectivity index (χ2n) is 3.58. The van der Waals surface area contributed by atoms with E-state index >= 15 is 0 Å². The van der Waals surface area contributed by atoms with Crippen LogP contribution >= 0.6 is 0 Å². The lowest BCUT2D eigenvalue weighted by molar-refractivity contribution is 0.280. The molecular weight excluding hydrogens is 176 g/mol. The van der Waals surface area contributed by atoms with Gasteiger partial charge in [0.2, 0.25) is 0 Å². The molecule has 1 aromatic heterocycles. The first kappa shape index (κ1) is 9.55. The van der Waals surface area contributed by atoms with Gasteiger partial charge in [-0.2, -0.15) is 0 Å². The van der Waals surface area contributed by atoms with Crippen LogP contribution in [0.2, 0.25) is 0 Å². The van der Waals surface area contributed by atoms with Gasteiger partial charge in [-0.3, -0.25) is 14.9 Å². The standard InChI is InChI=1S/C10H16N4/c1-2-11-5-7-14(6-1)9-10-8-12-3-4-13-10/h3-4,8,11H,1-2,5-7,9H2. The van der Waals surface area contributed by atoms with Gasteiger partial charge < -0.3 is 5.32 Å². The van der Waals surface area contributed by atoms with Crippen molar-refractivity contribution in [2.45, 2.75) is 13.0 Å².